The van der Waals surface area contributed by atoms with Crippen LogP contribution in [0.25, 0.3) is 16.2 Å². The van der Waals surface area contributed by atoms with Gasteiger partial charge in [-0.05, 0) is 46.9 Å². The monoisotopic (exact) mass is 500 g/mol. The molecule has 1 aliphatic rings. The van der Waals surface area contributed by atoms with Crippen molar-refractivity contribution in [2.24, 2.45) is 0 Å². The van der Waals surface area contributed by atoms with Gasteiger partial charge in [-0.2, -0.15) is 0 Å². The van der Waals surface area contributed by atoms with Gasteiger partial charge in [0.15, 0.2) is 5.69 Å². The van der Waals surface area contributed by atoms with Gasteiger partial charge in [-0.25, -0.2) is 9.30 Å². The Morgan fingerprint density at radius 3 is 2.29 bits per heavy atom. The molecule has 0 atom stereocenters. The maximum absolute atomic E-state index is 13.1. The minimum Gasteiger partial charge on any atom is -0.267 e. The topological polar surface area (TPSA) is 84.6 Å². The zero-order valence-electron chi connectivity index (χ0n) is 14.0. The van der Waals surface area contributed by atoms with Crippen LogP contribution in [0.1, 0.15) is 20.2 Å². The van der Waals surface area contributed by atoms with Crippen molar-refractivity contribution in [3.63, 3.8) is 0 Å². The Labute approximate surface area is 175 Å². The number of aromatic nitrogens is 3. The van der Waals surface area contributed by atoms with E-state index in [2.05, 4.69) is 32.8 Å². The molecule has 0 radical (unpaired) electrons. The maximum atomic E-state index is 13.1. The molecule has 0 N–H and O–H groups in total. The Bertz CT molecular complexity index is 1330. The molecule has 1 aliphatic heterocycles. The summed E-state index contributed by atoms with van der Waals surface area (Å²) in [5, 5.41) is 8.08. The number of fused-ring (bicyclic) bond motifs is 3. The van der Waals surface area contributed by atoms with E-state index in [-0.39, 0.29) is 21.2 Å². The molecule has 0 bridgehead atoms. The van der Waals surface area contributed by atoms with E-state index < -0.39 is 17.4 Å². The SMILES string of the molecule is O=C1c2sc3nnc(-c4ccccc4)c(=O)n3c2C(=O)N1c1ccc(I)cc1. The summed E-state index contributed by atoms with van der Waals surface area (Å²) in [5.41, 5.74) is 0.762. The molecule has 7 nitrogen and oxygen atoms in total. The van der Waals surface area contributed by atoms with Crippen molar-refractivity contribution in [3.8, 4) is 11.3 Å². The molecular formula is C19H9IN4O3S. The highest BCUT2D eigenvalue weighted by molar-refractivity contribution is 14.1. The van der Waals surface area contributed by atoms with Gasteiger partial charge in [0.2, 0.25) is 4.96 Å². The Hall–Kier alpha value is -2.92. The van der Waals surface area contributed by atoms with Crippen LogP contribution in [-0.2, 0) is 0 Å². The highest BCUT2D eigenvalue weighted by Gasteiger charge is 2.42. The molecule has 136 valence electrons. The number of amides is 2. The van der Waals surface area contributed by atoms with Gasteiger partial charge >= 0.3 is 0 Å². The number of hydrogen-bond acceptors (Lipinski definition) is 6. The van der Waals surface area contributed by atoms with Crippen molar-refractivity contribution in [2.75, 3.05) is 4.90 Å². The largest absolute Gasteiger partial charge is 0.286 e. The molecule has 0 saturated heterocycles. The first-order chi connectivity index (χ1) is 13.6. The molecule has 0 fully saturated rings. The summed E-state index contributed by atoms with van der Waals surface area (Å²) in [5.74, 6) is -1.00. The van der Waals surface area contributed by atoms with Crippen molar-refractivity contribution in [3.05, 3.63) is 79.1 Å². The Morgan fingerprint density at radius 1 is 0.857 bits per heavy atom. The molecule has 0 aliphatic carbocycles. The number of rotatable bonds is 2. The van der Waals surface area contributed by atoms with Crippen LogP contribution in [0.15, 0.2) is 59.4 Å². The quantitative estimate of drug-likeness (QED) is 0.312. The van der Waals surface area contributed by atoms with Crippen LogP contribution < -0.4 is 10.5 Å². The number of imide groups is 1. The Balaban J connectivity index is 1.71. The summed E-state index contributed by atoms with van der Waals surface area (Å²) >= 11 is 3.14. The van der Waals surface area contributed by atoms with Gasteiger partial charge < -0.3 is 0 Å². The number of benzene rings is 2. The summed E-state index contributed by atoms with van der Waals surface area (Å²) in [6.45, 7) is 0. The minimum absolute atomic E-state index is 0.0423. The number of carbonyl (C=O) groups is 2. The van der Waals surface area contributed by atoms with Gasteiger partial charge in [-0.15, -0.1) is 10.2 Å². The van der Waals surface area contributed by atoms with E-state index in [9.17, 15) is 14.4 Å². The van der Waals surface area contributed by atoms with Crippen LogP contribution in [-0.4, -0.2) is 26.4 Å². The van der Waals surface area contributed by atoms with Crippen LogP contribution >= 0.6 is 33.9 Å². The second-order valence-electron chi connectivity index (χ2n) is 6.04. The number of halogens is 1. The van der Waals surface area contributed by atoms with Gasteiger partial charge in [-0.3, -0.25) is 14.4 Å². The van der Waals surface area contributed by atoms with E-state index in [1.807, 2.05) is 18.2 Å². The number of carbonyl (C=O) groups excluding carboxylic acids is 2. The van der Waals surface area contributed by atoms with Gasteiger partial charge in [0, 0.05) is 9.13 Å². The second-order valence-corrected chi connectivity index (χ2v) is 8.26. The first-order valence-electron chi connectivity index (χ1n) is 8.18. The van der Waals surface area contributed by atoms with Crippen LogP contribution in [0.4, 0.5) is 5.69 Å². The highest BCUT2D eigenvalue weighted by Crippen LogP contribution is 2.33. The lowest BCUT2D eigenvalue weighted by molar-refractivity contribution is 0.0925. The van der Waals surface area contributed by atoms with E-state index in [4.69, 9.17) is 0 Å². The van der Waals surface area contributed by atoms with Crippen molar-refractivity contribution in [1.82, 2.24) is 14.6 Å². The summed E-state index contributed by atoms with van der Waals surface area (Å²) in [7, 11) is 0. The summed E-state index contributed by atoms with van der Waals surface area (Å²) < 4.78 is 2.18. The van der Waals surface area contributed by atoms with Gasteiger partial charge in [0.25, 0.3) is 17.4 Å². The zero-order chi connectivity index (χ0) is 19.4. The standard InChI is InChI=1S/C19H9IN4O3S/c20-11-6-8-12(9-7-11)23-17(26)14-15(18(23)27)28-19-22-21-13(16(25)24(14)19)10-4-2-1-3-5-10/h1-9H. The van der Waals surface area contributed by atoms with E-state index in [0.717, 1.165) is 19.8 Å². The first kappa shape index (κ1) is 17.2. The minimum atomic E-state index is -0.540. The maximum Gasteiger partial charge on any atom is 0.286 e. The molecular weight excluding hydrogens is 491 g/mol. The van der Waals surface area contributed by atoms with Gasteiger partial charge in [0.05, 0.1) is 5.69 Å². The zero-order valence-corrected chi connectivity index (χ0v) is 17.0. The summed E-state index contributed by atoms with van der Waals surface area (Å²) in [4.78, 5) is 40.5. The number of hydrogen-bond donors (Lipinski definition) is 0. The predicted molar refractivity (Wildman–Crippen MR) is 113 cm³/mol. The van der Waals surface area contributed by atoms with Gasteiger partial charge in [-0.1, -0.05) is 41.7 Å². The normalized spacial score (nSPS) is 13.4. The third-order valence-electron chi connectivity index (χ3n) is 4.40. The predicted octanol–water partition coefficient (Wildman–Crippen LogP) is 3.22. The fraction of sp³-hybridized carbons (Fsp3) is 0. The van der Waals surface area contributed by atoms with Crippen LogP contribution in [0, 0.1) is 3.57 Å². The van der Waals surface area contributed by atoms with Crippen LogP contribution in [0.3, 0.4) is 0 Å². The highest BCUT2D eigenvalue weighted by atomic mass is 127. The average Bonchev–Trinajstić information content (AvgIpc) is 3.20. The number of thiazole rings is 1. The molecule has 0 unspecified atom stereocenters. The van der Waals surface area contributed by atoms with E-state index in [1.165, 1.54) is 4.40 Å². The third-order valence-corrected chi connectivity index (χ3v) is 6.14. The Morgan fingerprint density at radius 2 is 1.57 bits per heavy atom. The number of anilines is 1. The molecule has 2 aromatic heterocycles. The third kappa shape index (κ3) is 2.43. The lowest BCUT2D eigenvalue weighted by atomic mass is 10.2. The fourth-order valence-electron chi connectivity index (χ4n) is 3.12. The van der Waals surface area contributed by atoms with E-state index in [1.54, 1.807) is 36.4 Å². The van der Waals surface area contributed by atoms with E-state index >= 15 is 0 Å². The Kier molecular flexibility index (Phi) is 3.88. The van der Waals surface area contributed by atoms with Crippen molar-refractivity contribution in [2.45, 2.75) is 0 Å². The van der Waals surface area contributed by atoms with Crippen LogP contribution in [0.2, 0.25) is 0 Å². The van der Waals surface area contributed by atoms with Crippen LogP contribution in [0.5, 0.6) is 0 Å². The molecule has 9 heteroatoms. The second kappa shape index (κ2) is 6.31. The summed E-state index contributed by atoms with van der Waals surface area (Å²) in [6.07, 6.45) is 0. The molecule has 5 rings (SSSR count). The lowest BCUT2D eigenvalue weighted by Gasteiger charge is -2.14. The molecule has 2 amide bonds. The smallest absolute Gasteiger partial charge is 0.267 e. The molecule has 28 heavy (non-hydrogen) atoms. The fourth-order valence-corrected chi connectivity index (χ4v) is 4.46. The van der Waals surface area contributed by atoms with Gasteiger partial charge in [0.1, 0.15) is 10.6 Å². The molecule has 4 aromatic rings. The van der Waals surface area contributed by atoms with E-state index in [0.29, 0.717) is 11.3 Å². The average molecular weight is 500 g/mol. The lowest BCUT2D eigenvalue weighted by Crippen LogP contribution is -2.31. The number of nitrogens with zero attached hydrogens (tertiary/aromatic N) is 4. The van der Waals surface area contributed by atoms with Crippen molar-refractivity contribution < 1.29 is 9.59 Å². The molecule has 3 heterocycles. The molecule has 0 spiro atoms. The summed E-state index contributed by atoms with van der Waals surface area (Å²) in [6, 6.07) is 15.9. The first-order valence-corrected chi connectivity index (χ1v) is 10.1. The van der Waals surface area contributed by atoms with Crippen molar-refractivity contribution >= 4 is 56.4 Å². The van der Waals surface area contributed by atoms with Crippen molar-refractivity contribution in [1.29, 1.82) is 0 Å². The molecule has 0 saturated carbocycles. The molecule has 2 aromatic carbocycles.